The van der Waals surface area contributed by atoms with Gasteiger partial charge in [-0.15, -0.1) is 0 Å². The molecule has 1 aromatic carbocycles. The van der Waals surface area contributed by atoms with Crippen molar-refractivity contribution in [3.8, 4) is 11.8 Å². The first-order valence-electron chi connectivity index (χ1n) is 5.84. The predicted molar refractivity (Wildman–Crippen MR) is 74.8 cm³/mol. The molecule has 2 rings (SSSR count). The maximum atomic E-state index is 9.26. The lowest BCUT2D eigenvalue weighted by Gasteiger charge is -2.08. The van der Waals surface area contributed by atoms with E-state index in [1.54, 1.807) is 0 Å². The Kier molecular flexibility index (Phi) is 3.53. The van der Waals surface area contributed by atoms with Crippen LogP contribution in [0.1, 0.15) is 29.4 Å². The van der Waals surface area contributed by atoms with Gasteiger partial charge in [0.05, 0.1) is 16.9 Å². The van der Waals surface area contributed by atoms with Gasteiger partial charge in [0.2, 0.25) is 0 Å². The summed E-state index contributed by atoms with van der Waals surface area (Å²) in [5, 5.41) is 13.8. The van der Waals surface area contributed by atoms with Crippen LogP contribution in [0.5, 0.6) is 0 Å². The number of rotatable bonds is 2. The van der Waals surface area contributed by atoms with Crippen molar-refractivity contribution in [3.05, 3.63) is 45.2 Å². The normalized spacial score (nSPS) is 10.4. The summed E-state index contributed by atoms with van der Waals surface area (Å²) in [6.45, 7) is 6.17. The summed E-state index contributed by atoms with van der Waals surface area (Å²) in [6, 6.07) is 7.94. The van der Waals surface area contributed by atoms with Gasteiger partial charge >= 0.3 is 0 Å². The molecule has 0 radical (unpaired) electrons. The average Bonchev–Trinajstić information content (AvgIpc) is 2.64. The summed E-state index contributed by atoms with van der Waals surface area (Å²) in [6.07, 6.45) is 0.952. The van der Waals surface area contributed by atoms with Gasteiger partial charge in [-0.2, -0.15) is 10.4 Å². The zero-order chi connectivity index (χ0) is 13.3. The van der Waals surface area contributed by atoms with Crippen LogP contribution in [0.15, 0.2) is 22.7 Å². The minimum Gasteiger partial charge on any atom is -0.236 e. The third kappa shape index (κ3) is 1.95. The SMILES string of the molecule is CCc1c(C)nn(-c2cccc(Br)c2C#N)c1C. The molecule has 0 amide bonds. The van der Waals surface area contributed by atoms with Crippen molar-refractivity contribution in [2.75, 3.05) is 0 Å². The summed E-state index contributed by atoms with van der Waals surface area (Å²) in [4.78, 5) is 0. The first-order valence-corrected chi connectivity index (χ1v) is 6.63. The predicted octanol–water partition coefficient (Wildman–Crippen LogP) is 3.69. The maximum absolute atomic E-state index is 9.26. The van der Waals surface area contributed by atoms with Gasteiger partial charge in [-0.3, -0.25) is 0 Å². The molecule has 0 fully saturated rings. The van der Waals surface area contributed by atoms with Crippen LogP contribution >= 0.6 is 15.9 Å². The van der Waals surface area contributed by atoms with Crippen molar-refractivity contribution in [2.45, 2.75) is 27.2 Å². The first kappa shape index (κ1) is 12.8. The Morgan fingerprint density at radius 2 is 2.11 bits per heavy atom. The molecule has 18 heavy (non-hydrogen) atoms. The van der Waals surface area contributed by atoms with Crippen molar-refractivity contribution < 1.29 is 0 Å². The number of benzene rings is 1. The van der Waals surface area contributed by atoms with E-state index in [0.29, 0.717) is 5.56 Å². The topological polar surface area (TPSA) is 41.6 Å². The molecule has 4 heteroatoms. The molecule has 0 atom stereocenters. The van der Waals surface area contributed by atoms with Crippen LogP contribution in [0.3, 0.4) is 0 Å². The molecule has 1 aromatic heterocycles. The third-order valence-corrected chi connectivity index (χ3v) is 3.79. The largest absolute Gasteiger partial charge is 0.236 e. The number of hydrogen-bond donors (Lipinski definition) is 0. The summed E-state index contributed by atoms with van der Waals surface area (Å²) < 4.78 is 2.66. The van der Waals surface area contributed by atoms with Crippen LogP contribution in [-0.4, -0.2) is 9.78 Å². The molecular weight excluding hydrogens is 290 g/mol. The minimum absolute atomic E-state index is 0.616. The molecule has 1 heterocycles. The lowest BCUT2D eigenvalue weighted by Crippen LogP contribution is -2.02. The monoisotopic (exact) mass is 303 g/mol. The van der Waals surface area contributed by atoms with Crippen LogP contribution in [0.2, 0.25) is 0 Å². The van der Waals surface area contributed by atoms with E-state index >= 15 is 0 Å². The van der Waals surface area contributed by atoms with Crippen molar-refractivity contribution >= 4 is 15.9 Å². The number of hydrogen-bond acceptors (Lipinski definition) is 2. The molecule has 0 saturated heterocycles. The summed E-state index contributed by atoms with van der Waals surface area (Å²) in [5.74, 6) is 0. The lowest BCUT2D eigenvalue weighted by atomic mass is 10.1. The first-order chi connectivity index (χ1) is 8.60. The van der Waals surface area contributed by atoms with Crippen LogP contribution in [0.25, 0.3) is 5.69 Å². The lowest BCUT2D eigenvalue weighted by molar-refractivity contribution is 0.829. The summed E-state index contributed by atoms with van der Waals surface area (Å²) >= 11 is 3.41. The Bertz CT molecular complexity index is 635. The quantitative estimate of drug-likeness (QED) is 0.849. The highest BCUT2D eigenvalue weighted by Gasteiger charge is 2.15. The van der Waals surface area contributed by atoms with E-state index in [0.717, 1.165) is 28.0 Å². The molecule has 0 aliphatic heterocycles. The Labute approximate surface area is 115 Å². The molecule has 3 nitrogen and oxygen atoms in total. The standard InChI is InChI=1S/C14H14BrN3/c1-4-11-9(2)17-18(10(11)3)14-7-5-6-13(15)12(14)8-16/h5-7H,4H2,1-3H3. The molecule has 0 spiro atoms. The Morgan fingerprint density at radius 1 is 1.39 bits per heavy atom. The van der Waals surface area contributed by atoms with Gasteiger partial charge in [-0.05, 0) is 53.9 Å². The van der Waals surface area contributed by atoms with E-state index in [4.69, 9.17) is 0 Å². The summed E-state index contributed by atoms with van der Waals surface area (Å²) in [5.41, 5.74) is 4.82. The number of aromatic nitrogens is 2. The van der Waals surface area contributed by atoms with E-state index in [1.807, 2.05) is 36.7 Å². The molecule has 0 saturated carbocycles. The van der Waals surface area contributed by atoms with Gasteiger partial charge in [-0.25, -0.2) is 4.68 Å². The smallest absolute Gasteiger partial charge is 0.103 e. The highest BCUT2D eigenvalue weighted by atomic mass is 79.9. The van der Waals surface area contributed by atoms with Gasteiger partial charge in [-0.1, -0.05) is 13.0 Å². The zero-order valence-electron chi connectivity index (χ0n) is 10.7. The average molecular weight is 304 g/mol. The molecule has 0 bridgehead atoms. The Hall–Kier alpha value is -1.60. The fraction of sp³-hybridized carbons (Fsp3) is 0.286. The molecule has 0 aliphatic carbocycles. The van der Waals surface area contributed by atoms with Crippen LogP contribution < -0.4 is 0 Å². The molecule has 0 N–H and O–H groups in total. The third-order valence-electron chi connectivity index (χ3n) is 3.13. The van der Waals surface area contributed by atoms with E-state index in [9.17, 15) is 5.26 Å². The van der Waals surface area contributed by atoms with Gasteiger partial charge in [0.25, 0.3) is 0 Å². The van der Waals surface area contributed by atoms with Crippen molar-refractivity contribution in [3.63, 3.8) is 0 Å². The molecule has 0 unspecified atom stereocenters. The second-order valence-corrected chi connectivity index (χ2v) is 5.01. The van der Waals surface area contributed by atoms with E-state index in [-0.39, 0.29) is 0 Å². The van der Waals surface area contributed by atoms with Gasteiger partial charge < -0.3 is 0 Å². The Morgan fingerprint density at radius 3 is 2.67 bits per heavy atom. The molecular formula is C14H14BrN3. The highest BCUT2D eigenvalue weighted by Crippen LogP contribution is 2.25. The maximum Gasteiger partial charge on any atom is 0.103 e. The van der Waals surface area contributed by atoms with Crippen molar-refractivity contribution in [2.24, 2.45) is 0 Å². The van der Waals surface area contributed by atoms with Crippen LogP contribution in [-0.2, 0) is 6.42 Å². The fourth-order valence-corrected chi connectivity index (χ4v) is 2.67. The number of nitrogens with zero attached hydrogens (tertiary/aromatic N) is 3. The minimum atomic E-state index is 0.616. The number of halogens is 1. The molecule has 2 aromatic rings. The van der Waals surface area contributed by atoms with Crippen LogP contribution in [0.4, 0.5) is 0 Å². The Balaban J connectivity index is 2.71. The van der Waals surface area contributed by atoms with Gasteiger partial charge in [0, 0.05) is 10.2 Å². The zero-order valence-corrected chi connectivity index (χ0v) is 12.2. The number of nitriles is 1. The molecule has 0 aliphatic rings. The van der Waals surface area contributed by atoms with Gasteiger partial charge in [0.1, 0.15) is 6.07 Å². The van der Waals surface area contributed by atoms with E-state index in [2.05, 4.69) is 34.0 Å². The van der Waals surface area contributed by atoms with E-state index in [1.165, 1.54) is 5.56 Å². The van der Waals surface area contributed by atoms with Crippen molar-refractivity contribution in [1.29, 1.82) is 5.26 Å². The van der Waals surface area contributed by atoms with Crippen molar-refractivity contribution in [1.82, 2.24) is 9.78 Å². The van der Waals surface area contributed by atoms with Crippen LogP contribution in [0, 0.1) is 25.2 Å². The second kappa shape index (κ2) is 4.95. The highest BCUT2D eigenvalue weighted by molar-refractivity contribution is 9.10. The fourth-order valence-electron chi connectivity index (χ4n) is 2.22. The van der Waals surface area contributed by atoms with E-state index < -0.39 is 0 Å². The second-order valence-electron chi connectivity index (χ2n) is 4.16. The number of aryl methyl sites for hydroxylation is 1. The van der Waals surface area contributed by atoms with Gasteiger partial charge in [0.15, 0.2) is 0 Å². The summed E-state index contributed by atoms with van der Waals surface area (Å²) in [7, 11) is 0. The molecule has 92 valence electrons.